The molecule has 0 fully saturated rings. The molecule has 2 aromatic heterocycles. The number of nitrogens with one attached hydrogen (secondary N) is 2. The van der Waals surface area contributed by atoms with E-state index in [9.17, 15) is 0 Å². The molecule has 1 aromatic carbocycles. The standard InChI is InChI=1S/C15H14BrN3S/c1-10(15-13(16)6-8-20-15)18-12-4-2-3-11(9-12)14-5-7-17-19-14/h2-10,18H,1H3,(H,17,19). The van der Waals surface area contributed by atoms with E-state index in [1.807, 2.05) is 6.07 Å². The van der Waals surface area contributed by atoms with Gasteiger partial charge in [0.05, 0.1) is 11.7 Å². The first-order valence-electron chi connectivity index (χ1n) is 6.33. The molecule has 0 saturated heterocycles. The highest BCUT2D eigenvalue weighted by atomic mass is 79.9. The fraction of sp³-hybridized carbons (Fsp3) is 0.133. The molecule has 0 bridgehead atoms. The zero-order valence-corrected chi connectivity index (χ0v) is 13.3. The summed E-state index contributed by atoms with van der Waals surface area (Å²) in [4.78, 5) is 1.30. The number of aromatic nitrogens is 2. The molecule has 2 heterocycles. The summed E-state index contributed by atoms with van der Waals surface area (Å²) in [5.74, 6) is 0. The molecule has 0 spiro atoms. The van der Waals surface area contributed by atoms with Gasteiger partial charge in [-0.25, -0.2) is 0 Å². The van der Waals surface area contributed by atoms with Crippen LogP contribution in [0.5, 0.6) is 0 Å². The minimum absolute atomic E-state index is 0.265. The van der Waals surface area contributed by atoms with Crippen LogP contribution in [-0.2, 0) is 0 Å². The second-order valence-corrected chi connectivity index (χ2v) is 6.35. The normalized spacial score (nSPS) is 12.3. The number of anilines is 1. The lowest BCUT2D eigenvalue weighted by molar-refractivity contribution is 0.903. The molecular weight excluding hydrogens is 334 g/mol. The van der Waals surface area contributed by atoms with Gasteiger partial charge in [0.15, 0.2) is 0 Å². The van der Waals surface area contributed by atoms with E-state index >= 15 is 0 Å². The van der Waals surface area contributed by atoms with Gasteiger partial charge >= 0.3 is 0 Å². The second-order valence-electron chi connectivity index (χ2n) is 4.55. The van der Waals surface area contributed by atoms with Gasteiger partial charge in [0.1, 0.15) is 0 Å². The van der Waals surface area contributed by atoms with Crippen LogP contribution in [0.1, 0.15) is 17.8 Å². The Morgan fingerprint density at radius 1 is 1.30 bits per heavy atom. The van der Waals surface area contributed by atoms with Crippen LogP contribution < -0.4 is 5.32 Å². The molecule has 2 N–H and O–H groups in total. The first kappa shape index (κ1) is 13.4. The van der Waals surface area contributed by atoms with Crippen LogP contribution in [0, 0.1) is 0 Å². The molecule has 5 heteroatoms. The van der Waals surface area contributed by atoms with E-state index in [2.05, 4.69) is 74.1 Å². The number of rotatable bonds is 4. The Hall–Kier alpha value is -1.59. The van der Waals surface area contributed by atoms with Gasteiger partial charge in [-0.3, -0.25) is 5.10 Å². The van der Waals surface area contributed by atoms with Gasteiger partial charge in [-0.15, -0.1) is 11.3 Å². The van der Waals surface area contributed by atoms with Gasteiger partial charge in [-0.1, -0.05) is 12.1 Å². The number of nitrogens with zero attached hydrogens (tertiary/aromatic N) is 1. The summed E-state index contributed by atoms with van der Waals surface area (Å²) < 4.78 is 1.16. The fourth-order valence-corrected chi connectivity index (χ4v) is 3.85. The van der Waals surface area contributed by atoms with Gasteiger partial charge < -0.3 is 5.32 Å². The molecule has 0 amide bonds. The maximum absolute atomic E-state index is 3.99. The molecule has 0 aliphatic carbocycles. The zero-order valence-electron chi connectivity index (χ0n) is 10.9. The van der Waals surface area contributed by atoms with E-state index in [-0.39, 0.29) is 6.04 Å². The van der Waals surface area contributed by atoms with Crippen molar-refractivity contribution in [3.63, 3.8) is 0 Å². The van der Waals surface area contributed by atoms with Crippen LogP contribution in [0.15, 0.2) is 52.4 Å². The molecule has 0 saturated carbocycles. The summed E-state index contributed by atoms with van der Waals surface area (Å²) in [6.07, 6.45) is 1.76. The third-order valence-electron chi connectivity index (χ3n) is 3.10. The van der Waals surface area contributed by atoms with E-state index in [4.69, 9.17) is 0 Å². The number of H-pyrrole nitrogens is 1. The predicted octanol–water partition coefficient (Wildman–Crippen LogP) is 5.07. The van der Waals surface area contributed by atoms with Gasteiger partial charge in [0.2, 0.25) is 0 Å². The lowest BCUT2D eigenvalue weighted by Crippen LogP contribution is -2.05. The first-order valence-corrected chi connectivity index (χ1v) is 8.00. The summed E-state index contributed by atoms with van der Waals surface area (Å²) >= 11 is 5.34. The van der Waals surface area contributed by atoms with E-state index < -0.39 is 0 Å². The molecule has 1 atom stereocenters. The average molecular weight is 348 g/mol. The third kappa shape index (κ3) is 2.78. The first-order chi connectivity index (χ1) is 9.74. The second kappa shape index (κ2) is 5.81. The zero-order chi connectivity index (χ0) is 13.9. The van der Waals surface area contributed by atoms with Crippen molar-refractivity contribution in [2.75, 3.05) is 5.32 Å². The molecule has 0 aliphatic rings. The molecule has 3 nitrogen and oxygen atoms in total. The van der Waals surface area contributed by atoms with Crippen molar-refractivity contribution in [3.05, 3.63) is 57.3 Å². The largest absolute Gasteiger partial charge is 0.378 e. The lowest BCUT2D eigenvalue weighted by Gasteiger charge is -2.15. The van der Waals surface area contributed by atoms with Crippen LogP contribution in [0.2, 0.25) is 0 Å². The topological polar surface area (TPSA) is 40.7 Å². The number of aromatic amines is 1. The number of hydrogen-bond donors (Lipinski definition) is 2. The van der Waals surface area contributed by atoms with Crippen LogP contribution in [-0.4, -0.2) is 10.2 Å². The van der Waals surface area contributed by atoms with Crippen LogP contribution in [0.4, 0.5) is 5.69 Å². The highest BCUT2D eigenvalue weighted by Gasteiger charge is 2.11. The van der Waals surface area contributed by atoms with E-state index in [1.54, 1.807) is 17.5 Å². The molecule has 3 rings (SSSR count). The van der Waals surface area contributed by atoms with E-state index in [1.165, 1.54) is 4.88 Å². The highest BCUT2D eigenvalue weighted by Crippen LogP contribution is 2.31. The lowest BCUT2D eigenvalue weighted by atomic mass is 10.1. The number of halogens is 1. The molecular formula is C15H14BrN3S. The Kier molecular flexibility index (Phi) is 3.89. The molecule has 1 unspecified atom stereocenters. The van der Waals surface area contributed by atoms with Gasteiger partial charge in [-0.2, -0.15) is 5.10 Å². The fourth-order valence-electron chi connectivity index (χ4n) is 2.12. The monoisotopic (exact) mass is 347 g/mol. The van der Waals surface area contributed by atoms with Crippen molar-refractivity contribution in [1.29, 1.82) is 0 Å². The smallest absolute Gasteiger partial charge is 0.0650 e. The van der Waals surface area contributed by atoms with Gasteiger partial charge in [0.25, 0.3) is 0 Å². The van der Waals surface area contributed by atoms with E-state index in [0.717, 1.165) is 21.4 Å². The summed E-state index contributed by atoms with van der Waals surface area (Å²) in [6, 6.07) is 12.7. The van der Waals surface area contributed by atoms with Crippen molar-refractivity contribution in [2.45, 2.75) is 13.0 Å². The van der Waals surface area contributed by atoms with Crippen LogP contribution >= 0.6 is 27.3 Å². The maximum atomic E-state index is 3.99. The Balaban J connectivity index is 1.81. The predicted molar refractivity (Wildman–Crippen MR) is 88.1 cm³/mol. The minimum atomic E-state index is 0.265. The summed E-state index contributed by atoms with van der Waals surface area (Å²) in [5.41, 5.74) is 3.26. The summed E-state index contributed by atoms with van der Waals surface area (Å²) in [6.45, 7) is 2.17. The number of hydrogen-bond acceptors (Lipinski definition) is 3. The van der Waals surface area contributed by atoms with Crippen molar-refractivity contribution in [1.82, 2.24) is 10.2 Å². The Morgan fingerprint density at radius 2 is 2.20 bits per heavy atom. The van der Waals surface area contributed by atoms with Crippen LogP contribution in [0.25, 0.3) is 11.3 Å². The van der Waals surface area contributed by atoms with Crippen molar-refractivity contribution in [2.24, 2.45) is 0 Å². The molecule has 0 aliphatic heterocycles. The van der Waals surface area contributed by atoms with Crippen molar-refractivity contribution >= 4 is 33.0 Å². The number of thiophene rings is 1. The SMILES string of the molecule is CC(Nc1cccc(-c2ccn[nH]2)c1)c1sccc1Br. The van der Waals surface area contributed by atoms with E-state index in [0.29, 0.717) is 0 Å². The van der Waals surface area contributed by atoms with Gasteiger partial charge in [-0.05, 0) is 52.5 Å². The maximum Gasteiger partial charge on any atom is 0.0650 e. The Labute approximate surface area is 130 Å². The molecule has 102 valence electrons. The van der Waals surface area contributed by atoms with Gasteiger partial charge in [0, 0.05) is 26.8 Å². The summed E-state index contributed by atoms with van der Waals surface area (Å²) in [7, 11) is 0. The van der Waals surface area contributed by atoms with Crippen molar-refractivity contribution < 1.29 is 0 Å². The Morgan fingerprint density at radius 3 is 2.90 bits per heavy atom. The minimum Gasteiger partial charge on any atom is -0.378 e. The van der Waals surface area contributed by atoms with Crippen molar-refractivity contribution in [3.8, 4) is 11.3 Å². The average Bonchev–Trinajstić information content (AvgIpc) is 3.09. The Bertz CT molecular complexity index is 691. The molecule has 20 heavy (non-hydrogen) atoms. The molecule has 0 radical (unpaired) electrons. The molecule has 3 aromatic rings. The number of benzene rings is 1. The third-order valence-corrected chi connectivity index (χ3v) is 5.15. The summed E-state index contributed by atoms with van der Waals surface area (Å²) in [5, 5.41) is 12.6. The van der Waals surface area contributed by atoms with Crippen LogP contribution in [0.3, 0.4) is 0 Å². The highest BCUT2D eigenvalue weighted by molar-refractivity contribution is 9.10. The quantitative estimate of drug-likeness (QED) is 0.691.